The summed E-state index contributed by atoms with van der Waals surface area (Å²) >= 11 is 4.98. The topological polar surface area (TPSA) is 50.2 Å². The molecule has 1 aromatic heterocycles. The molecule has 0 atom stereocenters. The molecule has 3 nitrogen and oxygen atoms in total. The molecule has 0 unspecified atom stereocenters. The third-order valence-electron chi connectivity index (χ3n) is 3.26. The molecular weight excluding hydrogens is 314 g/mol. The van der Waals surface area contributed by atoms with Crippen molar-refractivity contribution in [3.8, 4) is 10.6 Å². The summed E-state index contributed by atoms with van der Waals surface area (Å²) in [6.07, 6.45) is 1.39. The van der Waals surface area contributed by atoms with E-state index in [0.29, 0.717) is 18.5 Å². The molecule has 0 radical (unpaired) electrons. The quantitative estimate of drug-likeness (QED) is 0.937. The number of benzene rings is 1. The smallest absolute Gasteiger partial charge is 0.315 e. The summed E-state index contributed by atoms with van der Waals surface area (Å²) in [5.74, 6) is -0.758. The molecule has 0 aliphatic heterocycles. The van der Waals surface area contributed by atoms with Gasteiger partial charge in [-0.3, -0.25) is 4.79 Å². The normalized spacial score (nSPS) is 16.5. The highest BCUT2D eigenvalue weighted by Crippen LogP contribution is 2.49. The maximum absolute atomic E-state index is 11.3. The van der Waals surface area contributed by atoms with Gasteiger partial charge in [-0.2, -0.15) is 0 Å². The summed E-state index contributed by atoms with van der Waals surface area (Å²) in [7, 11) is 0. The summed E-state index contributed by atoms with van der Waals surface area (Å²) in [5.41, 5.74) is 0.997. The zero-order chi connectivity index (χ0) is 12.8. The second-order valence-electron chi connectivity index (χ2n) is 4.41. The van der Waals surface area contributed by atoms with E-state index in [1.807, 2.05) is 29.6 Å². The van der Waals surface area contributed by atoms with Crippen LogP contribution >= 0.6 is 27.3 Å². The lowest BCUT2D eigenvalue weighted by Crippen LogP contribution is -2.19. The molecule has 1 fully saturated rings. The number of hydrogen-bond acceptors (Lipinski definition) is 3. The van der Waals surface area contributed by atoms with Gasteiger partial charge in [-0.25, -0.2) is 4.98 Å². The fourth-order valence-electron chi connectivity index (χ4n) is 1.96. The Labute approximate surface area is 117 Å². The predicted octanol–water partition coefficient (Wildman–Crippen LogP) is 3.69. The zero-order valence-electron chi connectivity index (χ0n) is 9.39. The van der Waals surface area contributed by atoms with Crippen molar-refractivity contribution in [1.29, 1.82) is 0 Å². The Bertz CT molecular complexity index is 619. The molecule has 18 heavy (non-hydrogen) atoms. The molecule has 1 saturated carbocycles. The lowest BCUT2D eigenvalue weighted by atomic mass is 10.0. The van der Waals surface area contributed by atoms with Gasteiger partial charge in [0.2, 0.25) is 0 Å². The third-order valence-corrected chi connectivity index (χ3v) is 4.83. The number of aliphatic carboxylic acids is 1. The summed E-state index contributed by atoms with van der Waals surface area (Å²) in [4.78, 5) is 15.8. The maximum Gasteiger partial charge on any atom is 0.315 e. The monoisotopic (exact) mass is 323 g/mol. The van der Waals surface area contributed by atoms with E-state index in [0.717, 1.165) is 15.0 Å². The molecule has 0 saturated heterocycles. The van der Waals surface area contributed by atoms with Crippen LogP contribution in [0.15, 0.2) is 34.1 Å². The first-order chi connectivity index (χ1) is 8.63. The van der Waals surface area contributed by atoms with Gasteiger partial charge < -0.3 is 5.11 Å². The molecule has 2 aromatic rings. The van der Waals surface area contributed by atoms with E-state index in [2.05, 4.69) is 20.9 Å². The summed E-state index contributed by atoms with van der Waals surface area (Å²) in [6.45, 7) is 0. The van der Waals surface area contributed by atoms with Gasteiger partial charge in [0.1, 0.15) is 10.4 Å². The summed E-state index contributed by atoms with van der Waals surface area (Å²) in [6, 6.07) is 7.83. The number of halogens is 1. The Morgan fingerprint density at radius 2 is 2.11 bits per heavy atom. The maximum atomic E-state index is 11.3. The Hall–Kier alpha value is -1.20. The van der Waals surface area contributed by atoms with Crippen molar-refractivity contribution in [3.63, 3.8) is 0 Å². The van der Waals surface area contributed by atoms with Crippen LogP contribution in [0.3, 0.4) is 0 Å². The number of aromatic nitrogens is 1. The largest absolute Gasteiger partial charge is 0.481 e. The SMILES string of the molecule is O=C(O)C1(c2csc(-c3ccccc3Br)n2)CC1. The summed E-state index contributed by atoms with van der Waals surface area (Å²) < 4.78 is 0.978. The van der Waals surface area contributed by atoms with E-state index in [-0.39, 0.29) is 0 Å². The lowest BCUT2D eigenvalue weighted by Gasteiger charge is -2.04. The Kier molecular flexibility index (Phi) is 2.75. The zero-order valence-corrected chi connectivity index (χ0v) is 11.8. The van der Waals surface area contributed by atoms with Crippen LogP contribution in [0.2, 0.25) is 0 Å². The number of nitrogens with zero attached hydrogens (tertiary/aromatic N) is 1. The van der Waals surface area contributed by atoms with Crippen LogP contribution < -0.4 is 0 Å². The van der Waals surface area contributed by atoms with Crippen LogP contribution in [0.5, 0.6) is 0 Å². The Balaban J connectivity index is 2.01. The second kappa shape index (κ2) is 4.17. The van der Waals surface area contributed by atoms with Gasteiger partial charge in [0, 0.05) is 15.4 Å². The number of rotatable bonds is 3. The first-order valence-corrected chi connectivity index (χ1v) is 7.25. The van der Waals surface area contributed by atoms with E-state index < -0.39 is 11.4 Å². The Morgan fingerprint density at radius 1 is 1.39 bits per heavy atom. The minimum Gasteiger partial charge on any atom is -0.481 e. The third kappa shape index (κ3) is 1.78. The van der Waals surface area contributed by atoms with Crippen molar-refractivity contribution < 1.29 is 9.90 Å². The van der Waals surface area contributed by atoms with Crippen molar-refractivity contribution in [2.75, 3.05) is 0 Å². The van der Waals surface area contributed by atoms with Crippen molar-refractivity contribution in [2.45, 2.75) is 18.3 Å². The molecule has 1 aromatic carbocycles. The molecule has 92 valence electrons. The van der Waals surface area contributed by atoms with Crippen molar-refractivity contribution in [2.24, 2.45) is 0 Å². The number of carboxylic acids is 1. The van der Waals surface area contributed by atoms with Gasteiger partial charge in [0.05, 0.1) is 5.69 Å². The van der Waals surface area contributed by atoms with Crippen molar-refractivity contribution in [3.05, 3.63) is 39.8 Å². The number of hydrogen-bond donors (Lipinski definition) is 1. The molecule has 0 bridgehead atoms. The van der Waals surface area contributed by atoms with Gasteiger partial charge in [0.15, 0.2) is 0 Å². The van der Waals surface area contributed by atoms with Crippen LogP contribution in [-0.2, 0) is 10.2 Å². The average molecular weight is 324 g/mol. The predicted molar refractivity (Wildman–Crippen MR) is 73.8 cm³/mol. The minimum atomic E-state index is -0.758. The fraction of sp³-hybridized carbons (Fsp3) is 0.231. The van der Waals surface area contributed by atoms with Gasteiger partial charge in [-0.15, -0.1) is 11.3 Å². The highest BCUT2D eigenvalue weighted by Gasteiger charge is 2.53. The van der Waals surface area contributed by atoms with E-state index >= 15 is 0 Å². The minimum absolute atomic E-state index is 0.696. The molecule has 1 N–H and O–H groups in total. The standard InChI is InChI=1S/C13H10BrNO2S/c14-9-4-2-1-3-8(9)11-15-10(7-18-11)13(5-6-13)12(16)17/h1-4,7H,5-6H2,(H,16,17). The number of thiazole rings is 1. The highest BCUT2D eigenvalue weighted by atomic mass is 79.9. The Morgan fingerprint density at radius 3 is 2.72 bits per heavy atom. The first kappa shape index (κ1) is 11.9. The van der Waals surface area contributed by atoms with Crippen LogP contribution in [-0.4, -0.2) is 16.1 Å². The number of carbonyl (C=O) groups is 1. The van der Waals surface area contributed by atoms with Crippen molar-refractivity contribution in [1.82, 2.24) is 4.98 Å². The van der Waals surface area contributed by atoms with Crippen LogP contribution in [0.25, 0.3) is 10.6 Å². The molecule has 5 heteroatoms. The van der Waals surface area contributed by atoms with Gasteiger partial charge in [-0.05, 0) is 18.9 Å². The van der Waals surface area contributed by atoms with Crippen LogP contribution in [0, 0.1) is 0 Å². The second-order valence-corrected chi connectivity index (χ2v) is 6.12. The molecule has 1 aliphatic carbocycles. The summed E-state index contributed by atoms with van der Waals surface area (Å²) in [5, 5.41) is 12.0. The molecule has 1 aliphatic rings. The molecule has 3 rings (SSSR count). The van der Waals surface area contributed by atoms with Gasteiger partial charge in [0.25, 0.3) is 0 Å². The fourth-order valence-corrected chi connectivity index (χ4v) is 3.52. The number of carboxylic acid groups (broad SMARTS) is 1. The van der Waals surface area contributed by atoms with E-state index in [1.165, 1.54) is 11.3 Å². The van der Waals surface area contributed by atoms with Crippen LogP contribution in [0.4, 0.5) is 0 Å². The molecule has 0 amide bonds. The average Bonchev–Trinajstić information content (AvgIpc) is 3.03. The van der Waals surface area contributed by atoms with Crippen LogP contribution in [0.1, 0.15) is 18.5 Å². The van der Waals surface area contributed by atoms with Gasteiger partial charge in [-0.1, -0.05) is 34.1 Å². The van der Waals surface area contributed by atoms with E-state index in [1.54, 1.807) is 0 Å². The molecule has 0 spiro atoms. The molecular formula is C13H10BrNO2S. The van der Waals surface area contributed by atoms with E-state index in [9.17, 15) is 9.90 Å². The van der Waals surface area contributed by atoms with E-state index in [4.69, 9.17) is 0 Å². The van der Waals surface area contributed by atoms with Gasteiger partial charge >= 0.3 is 5.97 Å². The highest BCUT2D eigenvalue weighted by molar-refractivity contribution is 9.10. The lowest BCUT2D eigenvalue weighted by molar-refractivity contribution is -0.140. The first-order valence-electron chi connectivity index (χ1n) is 5.58. The molecule has 1 heterocycles. The van der Waals surface area contributed by atoms with Crippen molar-refractivity contribution >= 4 is 33.2 Å².